The van der Waals surface area contributed by atoms with Crippen molar-refractivity contribution in [2.24, 2.45) is 0 Å². The lowest BCUT2D eigenvalue weighted by Crippen LogP contribution is -2.13. The molecule has 0 amide bonds. The molecular weight excluding hydrogens is 189 g/mol. The fourth-order valence-electron chi connectivity index (χ4n) is 0.548. The summed E-state index contributed by atoms with van der Waals surface area (Å²) in [4.78, 5) is 10.4. The monoisotopic (exact) mass is 200 g/mol. The molecule has 0 unspecified atom stereocenters. The highest BCUT2D eigenvalue weighted by Gasteiger charge is 2.26. The number of carbonyl (C=O) groups excluding carboxylic acids is 1. The molecule has 0 aliphatic heterocycles. The SMILES string of the molecule is COC(=O)CCOCCC(F)(F)F. The Labute approximate surface area is 73.8 Å². The molecule has 0 N–H and O–H groups in total. The summed E-state index contributed by atoms with van der Waals surface area (Å²) in [5.74, 6) is -0.494. The van der Waals surface area contributed by atoms with Crippen molar-refractivity contribution in [2.75, 3.05) is 20.3 Å². The third-order valence-corrected chi connectivity index (χ3v) is 1.21. The first-order chi connectivity index (χ1) is 5.95. The van der Waals surface area contributed by atoms with E-state index in [2.05, 4.69) is 9.47 Å². The lowest BCUT2D eigenvalue weighted by atomic mass is 10.4. The maximum absolute atomic E-state index is 11.5. The Hall–Kier alpha value is -0.780. The molecule has 0 aromatic rings. The molecule has 0 saturated heterocycles. The van der Waals surface area contributed by atoms with E-state index in [-0.39, 0.29) is 13.0 Å². The Balaban J connectivity index is 3.22. The molecule has 6 heteroatoms. The molecule has 0 heterocycles. The molecule has 78 valence electrons. The van der Waals surface area contributed by atoms with E-state index in [4.69, 9.17) is 0 Å². The zero-order valence-corrected chi connectivity index (χ0v) is 7.19. The quantitative estimate of drug-likeness (QED) is 0.498. The summed E-state index contributed by atoms with van der Waals surface area (Å²) >= 11 is 0. The molecule has 0 rings (SSSR count). The van der Waals surface area contributed by atoms with Crippen LogP contribution in [-0.4, -0.2) is 32.5 Å². The summed E-state index contributed by atoms with van der Waals surface area (Å²) in [5.41, 5.74) is 0. The van der Waals surface area contributed by atoms with E-state index in [0.717, 1.165) is 0 Å². The minimum Gasteiger partial charge on any atom is -0.469 e. The van der Waals surface area contributed by atoms with E-state index in [1.54, 1.807) is 0 Å². The first-order valence-electron chi connectivity index (χ1n) is 3.67. The van der Waals surface area contributed by atoms with Crippen molar-refractivity contribution in [3.8, 4) is 0 Å². The summed E-state index contributed by atoms with van der Waals surface area (Å²) in [5, 5.41) is 0. The topological polar surface area (TPSA) is 35.5 Å². The summed E-state index contributed by atoms with van der Waals surface area (Å²) in [7, 11) is 1.21. The number of hydrogen-bond acceptors (Lipinski definition) is 3. The Morgan fingerprint density at radius 2 is 1.92 bits per heavy atom. The molecule has 0 saturated carbocycles. The first kappa shape index (κ1) is 12.2. The van der Waals surface area contributed by atoms with Gasteiger partial charge in [0.05, 0.1) is 33.2 Å². The van der Waals surface area contributed by atoms with Crippen LogP contribution < -0.4 is 0 Å². The molecule has 0 radical (unpaired) electrons. The molecular formula is C7H11F3O3. The molecule has 0 aliphatic carbocycles. The van der Waals surface area contributed by atoms with E-state index >= 15 is 0 Å². The molecule has 0 bridgehead atoms. The van der Waals surface area contributed by atoms with Gasteiger partial charge in [0.25, 0.3) is 0 Å². The molecule has 0 aromatic heterocycles. The average Bonchev–Trinajstić information content (AvgIpc) is 2.01. The molecule has 0 spiro atoms. The first-order valence-corrected chi connectivity index (χ1v) is 3.67. The number of ether oxygens (including phenoxy) is 2. The molecule has 0 aliphatic rings. The van der Waals surface area contributed by atoms with Crippen molar-refractivity contribution >= 4 is 5.97 Å². The zero-order chi connectivity index (χ0) is 10.3. The number of methoxy groups -OCH3 is 1. The van der Waals surface area contributed by atoms with Crippen LogP contribution in [0.15, 0.2) is 0 Å². The number of halogens is 3. The number of carbonyl (C=O) groups is 1. The zero-order valence-electron chi connectivity index (χ0n) is 7.19. The van der Waals surface area contributed by atoms with Crippen molar-refractivity contribution in [1.29, 1.82) is 0 Å². The van der Waals surface area contributed by atoms with E-state index in [1.807, 2.05) is 0 Å². The Morgan fingerprint density at radius 1 is 1.31 bits per heavy atom. The van der Waals surface area contributed by atoms with E-state index < -0.39 is 25.2 Å². The lowest BCUT2D eigenvalue weighted by Gasteiger charge is -2.06. The van der Waals surface area contributed by atoms with Gasteiger partial charge in [0, 0.05) is 0 Å². The highest BCUT2D eigenvalue weighted by molar-refractivity contribution is 5.69. The van der Waals surface area contributed by atoms with Crippen molar-refractivity contribution in [3.05, 3.63) is 0 Å². The van der Waals surface area contributed by atoms with Crippen LogP contribution in [0.3, 0.4) is 0 Å². The van der Waals surface area contributed by atoms with Crippen LogP contribution in [0.5, 0.6) is 0 Å². The van der Waals surface area contributed by atoms with Crippen LogP contribution in [0.1, 0.15) is 12.8 Å². The van der Waals surface area contributed by atoms with Crippen LogP contribution in [0.4, 0.5) is 13.2 Å². The normalized spacial score (nSPS) is 11.4. The summed E-state index contributed by atoms with van der Waals surface area (Å²) < 4.78 is 43.4. The van der Waals surface area contributed by atoms with Gasteiger partial charge in [-0.2, -0.15) is 13.2 Å². The molecule has 3 nitrogen and oxygen atoms in total. The second kappa shape index (κ2) is 5.80. The van der Waals surface area contributed by atoms with Crippen molar-refractivity contribution in [1.82, 2.24) is 0 Å². The van der Waals surface area contributed by atoms with Gasteiger partial charge < -0.3 is 9.47 Å². The second-order valence-corrected chi connectivity index (χ2v) is 2.30. The lowest BCUT2D eigenvalue weighted by molar-refractivity contribution is -0.147. The van der Waals surface area contributed by atoms with Crippen LogP contribution >= 0.6 is 0 Å². The van der Waals surface area contributed by atoms with Crippen LogP contribution in [0, 0.1) is 0 Å². The number of rotatable bonds is 5. The van der Waals surface area contributed by atoms with Crippen molar-refractivity contribution in [3.63, 3.8) is 0 Å². The third-order valence-electron chi connectivity index (χ3n) is 1.21. The minimum absolute atomic E-state index is 0.0195. The van der Waals surface area contributed by atoms with Gasteiger partial charge in [0.1, 0.15) is 0 Å². The van der Waals surface area contributed by atoms with E-state index in [0.29, 0.717) is 0 Å². The Kier molecular flexibility index (Phi) is 5.45. The third kappa shape index (κ3) is 9.13. The van der Waals surface area contributed by atoms with Gasteiger partial charge in [-0.15, -0.1) is 0 Å². The maximum Gasteiger partial charge on any atom is 0.391 e. The summed E-state index contributed by atoms with van der Waals surface area (Å²) in [6.07, 6.45) is -5.21. The molecule has 0 fully saturated rings. The smallest absolute Gasteiger partial charge is 0.391 e. The maximum atomic E-state index is 11.5. The second-order valence-electron chi connectivity index (χ2n) is 2.30. The van der Waals surface area contributed by atoms with E-state index in [1.165, 1.54) is 7.11 Å². The number of esters is 1. The predicted molar refractivity (Wildman–Crippen MR) is 38.1 cm³/mol. The van der Waals surface area contributed by atoms with Gasteiger partial charge in [-0.25, -0.2) is 0 Å². The van der Waals surface area contributed by atoms with Crippen molar-refractivity contribution in [2.45, 2.75) is 19.0 Å². The van der Waals surface area contributed by atoms with Gasteiger partial charge in [-0.1, -0.05) is 0 Å². The molecule has 13 heavy (non-hydrogen) atoms. The number of hydrogen-bond donors (Lipinski definition) is 0. The highest BCUT2D eigenvalue weighted by Crippen LogP contribution is 2.18. The van der Waals surface area contributed by atoms with Gasteiger partial charge in [0.2, 0.25) is 0 Å². The Bertz CT molecular complexity index is 156. The van der Waals surface area contributed by atoms with Gasteiger partial charge in [-0.3, -0.25) is 4.79 Å². The summed E-state index contributed by atoms with van der Waals surface area (Å²) in [6, 6.07) is 0. The van der Waals surface area contributed by atoms with Crippen LogP contribution in [0.2, 0.25) is 0 Å². The van der Waals surface area contributed by atoms with Crippen molar-refractivity contribution < 1.29 is 27.4 Å². The van der Waals surface area contributed by atoms with Gasteiger partial charge in [-0.05, 0) is 0 Å². The predicted octanol–water partition coefficient (Wildman–Crippen LogP) is 1.52. The fourth-order valence-corrected chi connectivity index (χ4v) is 0.548. The molecule has 0 atom stereocenters. The van der Waals surface area contributed by atoms with Crippen LogP contribution in [0.25, 0.3) is 0 Å². The Morgan fingerprint density at radius 3 is 2.38 bits per heavy atom. The minimum atomic E-state index is -4.20. The summed E-state index contributed by atoms with van der Waals surface area (Å²) in [6.45, 7) is -0.455. The standard InChI is InChI=1S/C7H11F3O3/c1-12-6(11)2-4-13-5-3-7(8,9)10/h2-5H2,1H3. The van der Waals surface area contributed by atoms with Gasteiger partial charge >= 0.3 is 12.1 Å². The van der Waals surface area contributed by atoms with E-state index in [9.17, 15) is 18.0 Å². The highest BCUT2D eigenvalue weighted by atomic mass is 19.4. The molecule has 0 aromatic carbocycles. The van der Waals surface area contributed by atoms with Crippen LogP contribution in [-0.2, 0) is 14.3 Å². The fraction of sp³-hybridized carbons (Fsp3) is 0.857. The number of alkyl halides is 3. The average molecular weight is 200 g/mol. The van der Waals surface area contributed by atoms with Gasteiger partial charge in [0.15, 0.2) is 0 Å². The largest absolute Gasteiger partial charge is 0.469 e.